The fraction of sp³-hybridized carbons (Fsp3) is 0.500. The van der Waals surface area contributed by atoms with Crippen LogP contribution in [-0.4, -0.2) is 60.1 Å². The molecule has 0 aliphatic rings. The number of carbonyl (C=O) groups excluding carboxylic acids is 1. The molecule has 1 aromatic rings. The minimum absolute atomic E-state index is 0.119. The minimum atomic E-state index is -1.03. The predicted octanol–water partition coefficient (Wildman–Crippen LogP) is 0.405. The lowest BCUT2D eigenvalue weighted by Gasteiger charge is -2.15. The zero-order valence-corrected chi connectivity index (χ0v) is 12.4. The average molecular weight is 294 g/mol. The lowest BCUT2D eigenvalue weighted by molar-refractivity contribution is -0.141. The average Bonchev–Trinajstić information content (AvgIpc) is 2.42. The molecule has 0 aliphatic heterocycles. The van der Waals surface area contributed by atoms with Gasteiger partial charge in [0.2, 0.25) is 5.91 Å². The van der Waals surface area contributed by atoms with Crippen LogP contribution in [0.1, 0.15) is 12.8 Å². The number of nitrogens with one attached hydrogen (secondary N) is 2. The van der Waals surface area contributed by atoms with E-state index in [2.05, 4.69) is 15.6 Å². The van der Waals surface area contributed by atoms with Gasteiger partial charge < -0.3 is 20.6 Å². The monoisotopic (exact) mass is 294 g/mol. The van der Waals surface area contributed by atoms with Gasteiger partial charge in [-0.25, -0.2) is 0 Å². The topological polar surface area (TPSA) is 94.6 Å². The molecule has 0 fully saturated rings. The van der Waals surface area contributed by atoms with Crippen LogP contribution >= 0.6 is 0 Å². The Hall–Kier alpha value is -1.99. The molecule has 116 valence electrons. The number of aromatic nitrogens is 1. The zero-order chi connectivity index (χ0) is 15.7. The number of anilines is 1. The van der Waals surface area contributed by atoms with Crippen LogP contribution in [0.25, 0.3) is 0 Å². The third-order valence-corrected chi connectivity index (χ3v) is 2.81. The number of hydrogen-bond donors (Lipinski definition) is 3. The third kappa shape index (κ3) is 7.38. The second-order valence-electron chi connectivity index (χ2n) is 5.00. The van der Waals surface area contributed by atoms with Gasteiger partial charge in [0, 0.05) is 6.20 Å². The summed E-state index contributed by atoms with van der Waals surface area (Å²) in [5.41, 5.74) is 0.555. The smallest absolute Gasteiger partial charge is 0.321 e. The number of nitrogens with zero attached hydrogens (tertiary/aromatic N) is 2. The van der Waals surface area contributed by atoms with Gasteiger partial charge in [-0.15, -0.1) is 0 Å². The molecule has 21 heavy (non-hydrogen) atoms. The molecule has 7 nitrogen and oxygen atoms in total. The van der Waals surface area contributed by atoms with Crippen LogP contribution in [0, 0.1) is 0 Å². The summed E-state index contributed by atoms with van der Waals surface area (Å²) in [5.74, 6) is -1.38. The minimum Gasteiger partial charge on any atom is -0.480 e. The molecule has 0 aromatic carbocycles. The van der Waals surface area contributed by atoms with Crippen molar-refractivity contribution in [3.05, 3.63) is 24.5 Å². The number of aliphatic carboxylic acids is 1. The van der Waals surface area contributed by atoms with Crippen LogP contribution in [-0.2, 0) is 9.59 Å². The molecule has 0 saturated carbocycles. The van der Waals surface area contributed by atoms with Crippen molar-refractivity contribution in [2.45, 2.75) is 18.9 Å². The van der Waals surface area contributed by atoms with E-state index < -0.39 is 12.0 Å². The fourth-order valence-electron chi connectivity index (χ4n) is 1.75. The number of amides is 1. The fourth-order valence-corrected chi connectivity index (χ4v) is 1.75. The van der Waals surface area contributed by atoms with Gasteiger partial charge >= 0.3 is 5.97 Å². The van der Waals surface area contributed by atoms with E-state index in [9.17, 15) is 9.59 Å². The van der Waals surface area contributed by atoms with Crippen molar-refractivity contribution in [2.75, 3.05) is 32.5 Å². The van der Waals surface area contributed by atoms with Gasteiger partial charge in [-0.05, 0) is 45.7 Å². The molecular weight excluding hydrogens is 272 g/mol. The van der Waals surface area contributed by atoms with E-state index in [0.717, 1.165) is 13.0 Å². The highest BCUT2D eigenvalue weighted by atomic mass is 16.4. The second-order valence-corrected chi connectivity index (χ2v) is 5.00. The van der Waals surface area contributed by atoms with E-state index in [0.29, 0.717) is 12.2 Å². The van der Waals surface area contributed by atoms with Gasteiger partial charge in [0.1, 0.15) is 6.04 Å². The van der Waals surface area contributed by atoms with Crippen molar-refractivity contribution in [2.24, 2.45) is 0 Å². The van der Waals surface area contributed by atoms with Crippen molar-refractivity contribution < 1.29 is 14.7 Å². The molecule has 1 aromatic heterocycles. The Labute approximate surface area is 124 Å². The van der Waals surface area contributed by atoms with Crippen LogP contribution in [0.5, 0.6) is 0 Å². The van der Waals surface area contributed by atoms with E-state index in [4.69, 9.17) is 5.11 Å². The number of hydrogen-bond acceptors (Lipinski definition) is 5. The quantitative estimate of drug-likeness (QED) is 0.571. The summed E-state index contributed by atoms with van der Waals surface area (Å²) in [4.78, 5) is 28.9. The first-order valence-electron chi connectivity index (χ1n) is 6.80. The van der Waals surface area contributed by atoms with Gasteiger partial charge in [0.25, 0.3) is 0 Å². The van der Waals surface area contributed by atoms with Gasteiger partial charge in [-0.2, -0.15) is 0 Å². The van der Waals surface area contributed by atoms with E-state index in [-0.39, 0.29) is 12.3 Å². The van der Waals surface area contributed by atoms with Gasteiger partial charge in [0.05, 0.1) is 18.3 Å². The largest absolute Gasteiger partial charge is 0.480 e. The lowest BCUT2D eigenvalue weighted by Crippen LogP contribution is -2.40. The van der Waals surface area contributed by atoms with Crippen molar-refractivity contribution in [1.82, 2.24) is 15.2 Å². The summed E-state index contributed by atoms with van der Waals surface area (Å²) in [6.07, 6.45) is 3.81. The van der Waals surface area contributed by atoms with Crippen molar-refractivity contribution in [3.8, 4) is 0 Å². The Kier molecular flexibility index (Phi) is 7.34. The van der Waals surface area contributed by atoms with Gasteiger partial charge in [0.15, 0.2) is 0 Å². The number of carboxylic acids is 1. The predicted molar refractivity (Wildman–Crippen MR) is 80.1 cm³/mol. The Balaban J connectivity index is 2.39. The van der Waals surface area contributed by atoms with Gasteiger partial charge in [-0.3, -0.25) is 14.6 Å². The first kappa shape index (κ1) is 17.1. The Bertz CT molecular complexity index is 451. The van der Waals surface area contributed by atoms with Crippen molar-refractivity contribution in [3.63, 3.8) is 0 Å². The zero-order valence-electron chi connectivity index (χ0n) is 12.4. The highest BCUT2D eigenvalue weighted by Gasteiger charge is 2.20. The molecule has 1 amide bonds. The summed E-state index contributed by atoms with van der Waals surface area (Å²) >= 11 is 0. The van der Waals surface area contributed by atoms with E-state index in [1.165, 1.54) is 6.20 Å². The van der Waals surface area contributed by atoms with E-state index in [1.807, 2.05) is 19.0 Å². The molecule has 0 radical (unpaired) electrons. The van der Waals surface area contributed by atoms with E-state index >= 15 is 0 Å². The third-order valence-electron chi connectivity index (χ3n) is 2.81. The van der Waals surface area contributed by atoms with Crippen LogP contribution in [0.4, 0.5) is 5.69 Å². The van der Waals surface area contributed by atoms with Gasteiger partial charge in [-0.1, -0.05) is 0 Å². The number of rotatable bonds is 9. The lowest BCUT2D eigenvalue weighted by atomic mass is 10.2. The second kappa shape index (κ2) is 9.04. The van der Waals surface area contributed by atoms with Crippen LogP contribution in [0.15, 0.2) is 24.5 Å². The molecule has 0 spiro atoms. The summed E-state index contributed by atoms with van der Waals surface area (Å²) in [7, 11) is 3.91. The maximum Gasteiger partial charge on any atom is 0.321 e. The molecule has 1 rings (SSSR count). The molecule has 7 heteroatoms. The molecular formula is C14H22N4O3. The normalized spacial score (nSPS) is 12.1. The molecule has 0 saturated heterocycles. The Morgan fingerprint density at radius 3 is 2.76 bits per heavy atom. The maximum atomic E-state index is 11.8. The SMILES string of the molecule is CN(C)CCCN[C@@H](CC(=O)Nc1cccnc1)C(=O)O. The van der Waals surface area contributed by atoms with Crippen molar-refractivity contribution >= 4 is 17.6 Å². The maximum absolute atomic E-state index is 11.8. The molecule has 0 unspecified atom stereocenters. The molecule has 0 bridgehead atoms. The summed E-state index contributed by atoms with van der Waals surface area (Å²) in [5, 5.41) is 14.6. The molecule has 1 heterocycles. The number of carbonyl (C=O) groups is 2. The van der Waals surface area contributed by atoms with E-state index in [1.54, 1.807) is 18.3 Å². The Morgan fingerprint density at radius 1 is 1.43 bits per heavy atom. The van der Waals surface area contributed by atoms with Crippen molar-refractivity contribution in [1.29, 1.82) is 0 Å². The highest BCUT2D eigenvalue weighted by molar-refractivity contribution is 5.93. The first-order valence-corrected chi connectivity index (χ1v) is 6.80. The standard InChI is InChI=1S/C14H22N4O3/c1-18(2)8-4-7-16-12(14(20)21)9-13(19)17-11-5-3-6-15-10-11/h3,5-6,10,12,16H,4,7-9H2,1-2H3,(H,17,19)(H,20,21)/t12-/m0/s1. The summed E-state index contributed by atoms with van der Waals surface area (Å²) in [6, 6.07) is 2.51. The number of pyridine rings is 1. The molecule has 0 aliphatic carbocycles. The summed E-state index contributed by atoms with van der Waals surface area (Å²) < 4.78 is 0. The molecule has 3 N–H and O–H groups in total. The highest BCUT2D eigenvalue weighted by Crippen LogP contribution is 2.04. The van der Waals surface area contributed by atoms with Crippen LogP contribution < -0.4 is 10.6 Å². The Morgan fingerprint density at radius 2 is 2.19 bits per heavy atom. The van der Waals surface area contributed by atoms with Crippen LogP contribution in [0.3, 0.4) is 0 Å². The first-order chi connectivity index (χ1) is 9.99. The molecule has 1 atom stereocenters. The summed E-state index contributed by atoms with van der Waals surface area (Å²) in [6.45, 7) is 1.41. The number of carboxylic acid groups (broad SMARTS) is 1. The van der Waals surface area contributed by atoms with Crippen LogP contribution in [0.2, 0.25) is 0 Å².